The molecule has 37 heavy (non-hydrogen) atoms. The third kappa shape index (κ3) is 6.07. The van der Waals surface area contributed by atoms with Gasteiger partial charge in [-0.15, -0.1) is 11.3 Å². The summed E-state index contributed by atoms with van der Waals surface area (Å²) in [6, 6.07) is 14.8. The van der Waals surface area contributed by atoms with Gasteiger partial charge in [-0.05, 0) is 43.0 Å². The quantitative estimate of drug-likeness (QED) is 0.298. The van der Waals surface area contributed by atoms with Gasteiger partial charge in [0.05, 0.1) is 34.2 Å². The molecule has 1 aliphatic rings. The smallest absolute Gasteiger partial charge is 0.271 e. The Morgan fingerprint density at radius 3 is 2.62 bits per heavy atom. The summed E-state index contributed by atoms with van der Waals surface area (Å²) in [4.78, 5) is 25.4. The molecule has 0 aliphatic carbocycles. The summed E-state index contributed by atoms with van der Waals surface area (Å²) in [6.45, 7) is 1.50. The lowest BCUT2D eigenvalue weighted by Gasteiger charge is -2.27. The van der Waals surface area contributed by atoms with Crippen molar-refractivity contribution in [3.63, 3.8) is 0 Å². The van der Waals surface area contributed by atoms with Crippen LogP contribution in [0.3, 0.4) is 0 Å². The summed E-state index contributed by atoms with van der Waals surface area (Å²) in [5, 5.41) is 5.49. The van der Waals surface area contributed by atoms with Gasteiger partial charge in [0.15, 0.2) is 0 Å². The number of H-pyrrole nitrogens is 1. The molecule has 1 saturated heterocycles. The number of aromatic amines is 1. The van der Waals surface area contributed by atoms with E-state index in [1.165, 1.54) is 15.6 Å². The molecular formula is C26H29N5O4S2. The minimum absolute atomic E-state index is 0.100. The van der Waals surface area contributed by atoms with Crippen molar-refractivity contribution in [2.45, 2.75) is 37.1 Å². The van der Waals surface area contributed by atoms with Gasteiger partial charge in [-0.25, -0.2) is 18.4 Å². The second kappa shape index (κ2) is 11.5. The highest BCUT2D eigenvalue weighted by Gasteiger charge is 2.28. The number of aromatic nitrogens is 3. The molecule has 0 atom stereocenters. The predicted molar refractivity (Wildman–Crippen MR) is 142 cm³/mol. The Morgan fingerprint density at radius 1 is 1.03 bits per heavy atom. The number of benzene rings is 2. The Balaban J connectivity index is 1.13. The number of hydrogen-bond acceptors (Lipinski definition) is 7. The number of para-hydroxylation sites is 2. The highest BCUT2D eigenvalue weighted by Crippen LogP contribution is 2.22. The molecule has 9 nitrogen and oxygen atoms in total. The standard InChI is InChI=1S/C26H29N5O4S2/c32-26(27-17-19-7-1-4-10-23(19)37(33,34)31-13-15-35-16-14-31)22-18-36-25(30-22)12-6-5-11-24-28-20-8-2-3-9-21(20)29-24/h1-4,7-10,18H,5-6,11-17H2,(H,27,32)(H,28,29). The maximum atomic E-state index is 13.1. The molecule has 1 fully saturated rings. The summed E-state index contributed by atoms with van der Waals surface area (Å²) in [7, 11) is -3.66. The van der Waals surface area contributed by atoms with Gasteiger partial charge in [-0.2, -0.15) is 4.31 Å². The molecule has 194 valence electrons. The molecule has 11 heteroatoms. The first-order chi connectivity index (χ1) is 18.0. The number of aryl methyl sites for hydroxylation is 2. The van der Waals surface area contributed by atoms with E-state index in [-0.39, 0.29) is 17.3 Å². The van der Waals surface area contributed by atoms with Gasteiger partial charge in [0, 0.05) is 31.4 Å². The van der Waals surface area contributed by atoms with Crippen molar-refractivity contribution < 1.29 is 17.9 Å². The fourth-order valence-electron chi connectivity index (χ4n) is 4.32. The van der Waals surface area contributed by atoms with Crippen molar-refractivity contribution in [1.29, 1.82) is 0 Å². The van der Waals surface area contributed by atoms with E-state index in [1.54, 1.807) is 29.6 Å². The zero-order valence-electron chi connectivity index (χ0n) is 20.4. The van der Waals surface area contributed by atoms with E-state index in [9.17, 15) is 13.2 Å². The van der Waals surface area contributed by atoms with E-state index in [0.29, 0.717) is 37.6 Å². The summed E-state index contributed by atoms with van der Waals surface area (Å²) in [5.41, 5.74) is 2.93. The lowest BCUT2D eigenvalue weighted by atomic mass is 10.2. The van der Waals surface area contributed by atoms with Crippen LogP contribution in [0.1, 0.15) is 39.7 Å². The third-order valence-corrected chi connectivity index (χ3v) is 9.18. The van der Waals surface area contributed by atoms with Crippen LogP contribution in [-0.2, 0) is 34.1 Å². The zero-order chi connectivity index (χ0) is 25.7. The Kier molecular flexibility index (Phi) is 7.94. The van der Waals surface area contributed by atoms with E-state index in [1.807, 2.05) is 24.3 Å². The second-order valence-corrected chi connectivity index (χ2v) is 11.7. The Hall–Kier alpha value is -3.12. The first-order valence-electron chi connectivity index (χ1n) is 12.3. The molecule has 4 aromatic rings. The molecule has 5 rings (SSSR count). The molecule has 0 spiro atoms. The second-order valence-electron chi connectivity index (χ2n) is 8.84. The van der Waals surface area contributed by atoms with Crippen molar-refractivity contribution in [3.8, 4) is 0 Å². The average molecular weight is 540 g/mol. The van der Waals surface area contributed by atoms with Crippen LogP contribution in [0.15, 0.2) is 58.8 Å². The normalized spacial score (nSPS) is 14.7. The third-order valence-electron chi connectivity index (χ3n) is 6.28. The van der Waals surface area contributed by atoms with Crippen LogP contribution in [-0.4, -0.2) is 59.9 Å². The Morgan fingerprint density at radius 2 is 1.78 bits per heavy atom. The SMILES string of the molecule is O=C(NCc1ccccc1S(=O)(=O)N1CCOCC1)c1csc(CCCCc2nc3ccccc3[nH]2)n1. The van der Waals surface area contributed by atoms with Crippen LogP contribution in [0.5, 0.6) is 0 Å². The molecule has 2 aromatic carbocycles. The Bertz CT molecular complexity index is 1440. The Labute approximate surface area is 220 Å². The number of imidazole rings is 1. The number of nitrogens with zero attached hydrogens (tertiary/aromatic N) is 3. The minimum Gasteiger partial charge on any atom is -0.379 e. The molecule has 0 bridgehead atoms. The van der Waals surface area contributed by atoms with E-state index >= 15 is 0 Å². The molecule has 2 aromatic heterocycles. The van der Waals surface area contributed by atoms with Crippen LogP contribution < -0.4 is 5.32 Å². The molecular weight excluding hydrogens is 510 g/mol. The maximum absolute atomic E-state index is 13.1. The van der Waals surface area contributed by atoms with Gasteiger partial charge in [-0.1, -0.05) is 30.3 Å². The van der Waals surface area contributed by atoms with Crippen LogP contribution in [0, 0.1) is 0 Å². The van der Waals surface area contributed by atoms with Gasteiger partial charge < -0.3 is 15.0 Å². The summed E-state index contributed by atoms with van der Waals surface area (Å²) < 4.78 is 33.0. The predicted octanol–water partition coefficient (Wildman–Crippen LogP) is 3.54. The lowest BCUT2D eigenvalue weighted by Crippen LogP contribution is -2.41. The van der Waals surface area contributed by atoms with Crippen molar-refractivity contribution in [2.75, 3.05) is 26.3 Å². The number of hydrogen-bond donors (Lipinski definition) is 2. The first kappa shape index (κ1) is 25.5. The molecule has 0 saturated carbocycles. The molecule has 1 aliphatic heterocycles. The fraction of sp³-hybridized carbons (Fsp3) is 0.346. The van der Waals surface area contributed by atoms with Gasteiger partial charge in [0.1, 0.15) is 11.5 Å². The molecule has 0 radical (unpaired) electrons. The topological polar surface area (TPSA) is 117 Å². The minimum atomic E-state index is -3.66. The maximum Gasteiger partial charge on any atom is 0.271 e. The number of carbonyl (C=O) groups is 1. The van der Waals surface area contributed by atoms with Crippen molar-refractivity contribution in [3.05, 3.63) is 76.0 Å². The number of rotatable bonds is 10. The molecule has 0 unspecified atom stereocenters. The van der Waals surface area contributed by atoms with Gasteiger partial charge in [0.25, 0.3) is 5.91 Å². The van der Waals surface area contributed by atoms with Crippen molar-refractivity contribution >= 4 is 38.3 Å². The highest BCUT2D eigenvalue weighted by molar-refractivity contribution is 7.89. The number of nitrogens with one attached hydrogen (secondary N) is 2. The average Bonchev–Trinajstić information content (AvgIpc) is 3.57. The van der Waals surface area contributed by atoms with Crippen LogP contribution in [0.25, 0.3) is 11.0 Å². The molecule has 3 heterocycles. The number of morpholine rings is 1. The summed E-state index contributed by atoms with van der Waals surface area (Å²) >= 11 is 1.47. The lowest BCUT2D eigenvalue weighted by molar-refractivity contribution is 0.0730. The van der Waals surface area contributed by atoms with E-state index in [0.717, 1.165) is 47.5 Å². The van der Waals surface area contributed by atoms with Crippen molar-refractivity contribution in [2.24, 2.45) is 0 Å². The largest absolute Gasteiger partial charge is 0.379 e. The van der Waals surface area contributed by atoms with Gasteiger partial charge in [0.2, 0.25) is 10.0 Å². The van der Waals surface area contributed by atoms with E-state index in [2.05, 4.69) is 20.3 Å². The number of fused-ring (bicyclic) bond motifs is 1. The number of carbonyl (C=O) groups excluding carboxylic acids is 1. The van der Waals surface area contributed by atoms with E-state index < -0.39 is 10.0 Å². The zero-order valence-corrected chi connectivity index (χ0v) is 22.0. The highest BCUT2D eigenvalue weighted by atomic mass is 32.2. The monoisotopic (exact) mass is 539 g/mol. The number of sulfonamides is 1. The van der Waals surface area contributed by atoms with Crippen LogP contribution in [0.4, 0.5) is 0 Å². The number of ether oxygens (including phenoxy) is 1. The van der Waals surface area contributed by atoms with Crippen molar-refractivity contribution in [1.82, 2.24) is 24.6 Å². The number of unbranched alkanes of at least 4 members (excludes halogenated alkanes) is 1. The first-order valence-corrected chi connectivity index (χ1v) is 14.6. The van der Waals surface area contributed by atoms with Crippen LogP contribution in [0.2, 0.25) is 0 Å². The van der Waals surface area contributed by atoms with Gasteiger partial charge >= 0.3 is 0 Å². The fourth-order valence-corrected chi connectivity index (χ4v) is 6.77. The summed E-state index contributed by atoms with van der Waals surface area (Å²) in [5.74, 6) is 0.666. The molecule has 2 N–H and O–H groups in total. The van der Waals surface area contributed by atoms with E-state index in [4.69, 9.17) is 4.74 Å². The number of thiazole rings is 1. The summed E-state index contributed by atoms with van der Waals surface area (Å²) in [6.07, 6.45) is 3.56. The number of amides is 1. The molecule has 1 amide bonds. The van der Waals surface area contributed by atoms with Gasteiger partial charge in [-0.3, -0.25) is 4.79 Å². The van der Waals surface area contributed by atoms with Crippen LogP contribution >= 0.6 is 11.3 Å².